The number of amides is 2. The molecule has 8 nitrogen and oxygen atoms in total. The molecule has 0 bridgehead atoms. The number of aryl methyl sites for hydroxylation is 3. The topological polar surface area (TPSA) is 84.3 Å². The van der Waals surface area contributed by atoms with Gasteiger partial charge in [-0.05, 0) is 45.1 Å². The lowest BCUT2D eigenvalue weighted by Gasteiger charge is -2.24. The molecule has 1 aromatic carbocycles. The standard InChI is InChI=1S/C20H30N6O2/c1-5-18-23-19-9-7-15(13-26(19)24-18)21-20(27)22-16-8-6-14(2)12-17(16)28-11-10-25(3)4/h6,8,12,15H,5,7,9-11,13H2,1-4H3,(H2,21,22,27). The van der Waals surface area contributed by atoms with Crippen molar-refractivity contribution in [3.05, 3.63) is 35.4 Å². The van der Waals surface area contributed by atoms with E-state index in [0.29, 0.717) is 24.6 Å². The summed E-state index contributed by atoms with van der Waals surface area (Å²) in [7, 11) is 4.00. The normalized spacial score (nSPS) is 16.0. The highest BCUT2D eigenvalue weighted by atomic mass is 16.5. The number of hydrogen-bond acceptors (Lipinski definition) is 5. The highest BCUT2D eigenvalue weighted by Crippen LogP contribution is 2.26. The number of urea groups is 1. The minimum Gasteiger partial charge on any atom is -0.490 e. The van der Waals surface area contributed by atoms with Crippen LogP contribution in [0.2, 0.25) is 0 Å². The Labute approximate surface area is 166 Å². The van der Waals surface area contributed by atoms with Crippen molar-refractivity contribution in [2.75, 3.05) is 32.6 Å². The summed E-state index contributed by atoms with van der Waals surface area (Å²) >= 11 is 0. The van der Waals surface area contributed by atoms with Gasteiger partial charge in [-0.3, -0.25) is 0 Å². The number of rotatable bonds is 7. The molecule has 1 aliphatic rings. The maximum absolute atomic E-state index is 12.5. The zero-order valence-corrected chi connectivity index (χ0v) is 17.2. The summed E-state index contributed by atoms with van der Waals surface area (Å²) in [6.07, 6.45) is 2.50. The number of carbonyl (C=O) groups excluding carboxylic acids is 1. The van der Waals surface area contributed by atoms with Crippen LogP contribution in [0.4, 0.5) is 10.5 Å². The molecule has 2 aromatic rings. The van der Waals surface area contributed by atoms with Crippen molar-refractivity contribution >= 4 is 11.7 Å². The molecule has 0 radical (unpaired) electrons. The van der Waals surface area contributed by atoms with Crippen molar-refractivity contribution in [2.24, 2.45) is 0 Å². The van der Waals surface area contributed by atoms with Crippen LogP contribution in [0.15, 0.2) is 18.2 Å². The van der Waals surface area contributed by atoms with Gasteiger partial charge in [0.15, 0.2) is 5.82 Å². The Bertz CT molecular complexity index is 817. The van der Waals surface area contributed by atoms with E-state index in [9.17, 15) is 4.79 Å². The highest BCUT2D eigenvalue weighted by Gasteiger charge is 2.23. The second kappa shape index (κ2) is 9.05. The molecular formula is C20H30N6O2. The van der Waals surface area contributed by atoms with Crippen LogP contribution in [0.1, 0.15) is 30.6 Å². The van der Waals surface area contributed by atoms with Crippen molar-refractivity contribution in [1.82, 2.24) is 25.0 Å². The maximum atomic E-state index is 12.5. The monoisotopic (exact) mass is 386 g/mol. The summed E-state index contributed by atoms with van der Waals surface area (Å²) in [6.45, 7) is 6.07. The van der Waals surface area contributed by atoms with Gasteiger partial charge in [-0.15, -0.1) is 0 Å². The van der Waals surface area contributed by atoms with E-state index < -0.39 is 0 Å². The molecule has 28 heavy (non-hydrogen) atoms. The number of likely N-dealkylation sites (N-methyl/N-ethyl adjacent to an activating group) is 1. The fourth-order valence-electron chi connectivity index (χ4n) is 3.16. The summed E-state index contributed by atoms with van der Waals surface area (Å²) in [5.74, 6) is 2.55. The predicted octanol–water partition coefficient (Wildman–Crippen LogP) is 2.23. The van der Waals surface area contributed by atoms with Crippen molar-refractivity contribution < 1.29 is 9.53 Å². The summed E-state index contributed by atoms with van der Waals surface area (Å²) in [6, 6.07) is 5.58. The molecule has 2 heterocycles. The Morgan fingerprint density at radius 2 is 2.21 bits per heavy atom. The molecule has 0 fully saturated rings. The van der Waals surface area contributed by atoms with Crippen LogP contribution in [0.3, 0.4) is 0 Å². The number of carbonyl (C=O) groups is 1. The first-order valence-corrected chi connectivity index (χ1v) is 9.83. The number of ether oxygens (including phenoxy) is 1. The Morgan fingerprint density at radius 3 is 2.96 bits per heavy atom. The van der Waals surface area contributed by atoms with Crippen LogP contribution in [0.5, 0.6) is 5.75 Å². The van der Waals surface area contributed by atoms with Crippen LogP contribution >= 0.6 is 0 Å². The number of fused-ring (bicyclic) bond motifs is 1. The van der Waals surface area contributed by atoms with Gasteiger partial charge in [-0.1, -0.05) is 13.0 Å². The molecule has 152 valence electrons. The Kier molecular flexibility index (Phi) is 6.51. The van der Waals surface area contributed by atoms with Crippen molar-refractivity contribution in [3.8, 4) is 5.75 Å². The lowest BCUT2D eigenvalue weighted by Crippen LogP contribution is -2.43. The number of aromatic nitrogens is 3. The minimum absolute atomic E-state index is 0.0301. The van der Waals surface area contributed by atoms with E-state index in [4.69, 9.17) is 4.74 Å². The van der Waals surface area contributed by atoms with Gasteiger partial charge in [0.1, 0.15) is 18.2 Å². The first-order chi connectivity index (χ1) is 13.4. The summed E-state index contributed by atoms with van der Waals surface area (Å²) in [5.41, 5.74) is 1.76. The van der Waals surface area contributed by atoms with Crippen molar-refractivity contribution in [3.63, 3.8) is 0 Å². The third-order valence-corrected chi connectivity index (χ3v) is 4.73. The van der Waals surface area contributed by atoms with E-state index in [-0.39, 0.29) is 12.1 Å². The fourth-order valence-corrected chi connectivity index (χ4v) is 3.16. The molecule has 1 aromatic heterocycles. The van der Waals surface area contributed by atoms with Gasteiger partial charge in [-0.2, -0.15) is 5.10 Å². The molecule has 0 saturated carbocycles. The summed E-state index contributed by atoms with van der Waals surface area (Å²) in [5, 5.41) is 10.5. The van der Waals surface area contributed by atoms with Gasteiger partial charge < -0.3 is 20.3 Å². The van der Waals surface area contributed by atoms with E-state index in [1.54, 1.807) is 0 Å². The molecule has 0 spiro atoms. The molecule has 0 saturated heterocycles. The second-order valence-corrected chi connectivity index (χ2v) is 7.47. The smallest absolute Gasteiger partial charge is 0.319 e. The summed E-state index contributed by atoms with van der Waals surface area (Å²) in [4.78, 5) is 19.1. The lowest BCUT2D eigenvalue weighted by atomic mass is 10.1. The van der Waals surface area contributed by atoms with Crippen LogP contribution in [0, 0.1) is 6.92 Å². The van der Waals surface area contributed by atoms with E-state index >= 15 is 0 Å². The van der Waals surface area contributed by atoms with Gasteiger partial charge in [0.25, 0.3) is 0 Å². The van der Waals surface area contributed by atoms with Gasteiger partial charge >= 0.3 is 6.03 Å². The number of nitrogens with one attached hydrogen (secondary N) is 2. The van der Waals surface area contributed by atoms with Gasteiger partial charge in [-0.25, -0.2) is 14.5 Å². The Morgan fingerprint density at radius 1 is 1.39 bits per heavy atom. The molecule has 1 atom stereocenters. The van der Waals surface area contributed by atoms with Crippen LogP contribution < -0.4 is 15.4 Å². The predicted molar refractivity (Wildman–Crippen MR) is 109 cm³/mol. The molecule has 0 aliphatic carbocycles. The lowest BCUT2D eigenvalue weighted by molar-refractivity contribution is 0.242. The number of anilines is 1. The Balaban J connectivity index is 1.58. The van der Waals surface area contributed by atoms with Gasteiger partial charge in [0.2, 0.25) is 0 Å². The fraction of sp³-hybridized carbons (Fsp3) is 0.550. The van der Waals surface area contributed by atoms with Gasteiger partial charge in [0, 0.05) is 19.4 Å². The van der Waals surface area contributed by atoms with E-state index in [0.717, 1.165) is 43.0 Å². The average molecular weight is 387 g/mol. The largest absolute Gasteiger partial charge is 0.490 e. The van der Waals surface area contributed by atoms with E-state index in [1.807, 2.05) is 50.8 Å². The number of benzene rings is 1. The van der Waals surface area contributed by atoms with Crippen LogP contribution in [-0.2, 0) is 19.4 Å². The quantitative estimate of drug-likeness (QED) is 0.762. The number of hydrogen-bond donors (Lipinski definition) is 2. The van der Waals surface area contributed by atoms with Crippen molar-refractivity contribution in [2.45, 2.75) is 45.7 Å². The first kappa shape index (κ1) is 20.1. The van der Waals surface area contributed by atoms with Crippen LogP contribution in [0.25, 0.3) is 0 Å². The average Bonchev–Trinajstić information content (AvgIpc) is 3.06. The third kappa shape index (κ3) is 5.22. The van der Waals surface area contributed by atoms with E-state index in [2.05, 4.69) is 25.6 Å². The molecular weight excluding hydrogens is 356 g/mol. The number of nitrogens with zero attached hydrogens (tertiary/aromatic N) is 4. The maximum Gasteiger partial charge on any atom is 0.319 e. The zero-order valence-electron chi connectivity index (χ0n) is 17.2. The first-order valence-electron chi connectivity index (χ1n) is 9.83. The molecule has 2 N–H and O–H groups in total. The molecule has 1 unspecified atom stereocenters. The van der Waals surface area contributed by atoms with Crippen LogP contribution in [-0.4, -0.2) is 59.0 Å². The summed E-state index contributed by atoms with van der Waals surface area (Å²) < 4.78 is 7.79. The second-order valence-electron chi connectivity index (χ2n) is 7.47. The third-order valence-electron chi connectivity index (χ3n) is 4.73. The minimum atomic E-state index is -0.231. The van der Waals surface area contributed by atoms with Gasteiger partial charge in [0.05, 0.1) is 18.3 Å². The van der Waals surface area contributed by atoms with E-state index in [1.165, 1.54) is 0 Å². The molecule has 8 heteroatoms. The Hall–Kier alpha value is -2.61. The molecule has 1 aliphatic heterocycles. The highest BCUT2D eigenvalue weighted by molar-refractivity contribution is 5.91. The SMILES string of the molecule is CCc1nc2n(n1)CC(NC(=O)Nc1ccc(C)cc1OCCN(C)C)CC2. The molecule has 3 rings (SSSR count). The molecule has 2 amide bonds. The zero-order chi connectivity index (χ0) is 20.1. The van der Waals surface area contributed by atoms with Crippen molar-refractivity contribution in [1.29, 1.82) is 0 Å².